The van der Waals surface area contributed by atoms with Crippen molar-refractivity contribution in [1.82, 2.24) is 0 Å². The third-order valence-corrected chi connectivity index (χ3v) is 8.17. The third-order valence-electron chi connectivity index (χ3n) is 8.17. The zero-order valence-electron chi connectivity index (χ0n) is 15.9. The standard InChI is InChI=1S/C30H12/c1-2-14-6-10-18-20-12-8-16-4-3-15-7-11-19-17-9-5-13(1)21-22(14)26(18)29(25(17)21)30-27(19)23(15)24(16)28(20)30/h1-12H. The van der Waals surface area contributed by atoms with Crippen LogP contribution in [0.15, 0.2) is 72.8 Å². The molecule has 0 bridgehead atoms. The van der Waals surface area contributed by atoms with Gasteiger partial charge in [-0.25, -0.2) is 0 Å². The topological polar surface area (TPSA) is 0 Å². The van der Waals surface area contributed by atoms with E-state index in [1.54, 1.807) is 0 Å². The first-order chi connectivity index (χ1) is 14.9. The Bertz CT molecular complexity index is 1930. The van der Waals surface area contributed by atoms with Crippen molar-refractivity contribution >= 4 is 97.0 Å². The summed E-state index contributed by atoms with van der Waals surface area (Å²) in [5.41, 5.74) is 0. The van der Waals surface area contributed by atoms with Gasteiger partial charge in [0.1, 0.15) is 0 Å². The van der Waals surface area contributed by atoms with Crippen molar-refractivity contribution in [3.8, 4) is 0 Å². The maximum Gasteiger partial charge on any atom is -0.0000483 e. The average Bonchev–Trinajstić information content (AvgIpc) is 3.34. The highest BCUT2D eigenvalue weighted by atomic mass is 14.3. The summed E-state index contributed by atoms with van der Waals surface area (Å²) < 4.78 is 0. The van der Waals surface area contributed by atoms with Crippen LogP contribution in [0.4, 0.5) is 0 Å². The van der Waals surface area contributed by atoms with Crippen molar-refractivity contribution in [1.29, 1.82) is 0 Å². The molecule has 0 saturated carbocycles. The van der Waals surface area contributed by atoms with E-state index in [0.29, 0.717) is 0 Å². The minimum Gasteiger partial charge on any atom is -0.0537 e. The Morgan fingerprint density at radius 1 is 0.200 bits per heavy atom. The van der Waals surface area contributed by atoms with Crippen LogP contribution in [-0.4, -0.2) is 0 Å². The van der Waals surface area contributed by atoms with Crippen LogP contribution < -0.4 is 0 Å². The Morgan fingerprint density at radius 2 is 0.433 bits per heavy atom. The maximum absolute atomic E-state index is 2.37. The number of rotatable bonds is 0. The van der Waals surface area contributed by atoms with Gasteiger partial charge in [0.2, 0.25) is 0 Å². The predicted molar refractivity (Wildman–Crippen MR) is 131 cm³/mol. The lowest BCUT2D eigenvalue weighted by molar-refractivity contribution is 1.86. The lowest BCUT2D eigenvalue weighted by Crippen LogP contribution is -1.82. The molecule has 0 atom stereocenters. The van der Waals surface area contributed by atoms with Crippen molar-refractivity contribution in [2.45, 2.75) is 0 Å². The molecule has 0 amide bonds. The summed E-state index contributed by atoms with van der Waals surface area (Å²) in [4.78, 5) is 0. The van der Waals surface area contributed by atoms with Gasteiger partial charge < -0.3 is 0 Å². The first-order valence-corrected chi connectivity index (χ1v) is 10.7. The second kappa shape index (κ2) is 3.78. The summed E-state index contributed by atoms with van der Waals surface area (Å²) in [6.45, 7) is 0. The van der Waals surface area contributed by atoms with E-state index in [2.05, 4.69) is 72.8 Å². The van der Waals surface area contributed by atoms with Crippen LogP contribution in [0, 0.1) is 0 Å². The molecule has 0 saturated heterocycles. The zero-order valence-corrected chi connectivity index (χ0v) is 15.9. The van der Waals surface area contributed by atoms with E-state index in [9.17, 15) is 0 Å². The largest absolute Gasteiger partial charge is 0.0537 e. The fourth-order valence-electron chi connectivity index (χ4n) is 7.15. The van der Waals surface area contributed by atoms with Crippen LogP contribution >= 0.6 is 0 Å². The van der Waals surface area contributed by atoms with Crippen LogP contribution in [0.3, 0.4) is 0 Å². The Labute approximate surface area is 169 Å². The number of benzene rings is 8. The number of hydrogen-bond donors (Lipinski definition) is 0. The van der Waals surface area contributed by atoms with Gasteiger partial charge in [0.15, 0.2) is 0 Å². The van der Waals surface area contributed by atoms with Gasteiger partial charge in [0.25, 0.3) is 0 Å². The van der Waals surface area contributed by atoms with Crippen LogP contribution in [0.25, 0.3) is 97.0 Å². The van der Waals surface area contributed by atoms with E-state index < -0.39 is 0 Å². The molecule has 10 aromatic carbocycles. The van der Waals surface area contributed by atoms with Crippen LogP contribution in [0.1, 0.15) is 0 Å². The van der Waals surface area contributed by atoms with E-state index in [1.165, 1.54) is 97.0 Å². The first-order valence-electron chi connectivity index (χ1n) is 10.7. The molecule has 0 nitrogen and oxygen atoms in total. The van der Waals surface area contributed by atoms with Gasteiger partial charge in [-0.1, -0.05) is 72.8 Å². The highest BCUT2D eigenvalue weighted by Gasteiger charge is 2.28. The maximum atomic E-state index is 2.37. The van der Waals surface area contributed by atoms with Gasteiger partial charge in [-0.2, -0.15) is 0 Å². The van der Waals surface area contributed by atoms with Crippen molar-refractivity contribution in [3.05, 3.63) is 72.8 Å². The summed E-state index contributed by atoms with van der Waals surface area (Å²) in [6, 6.07) is 28.0. The van der Waals surface area contributed by atoms with E-state index in [0.717, 1.165) is 0 Å². The molecule has 0 radical (unpaired) electrons. The van der Waals surface area contributed by atoms with Crippen LogP contribution in [0.2, 0.25) is 0 Å². The quantitative estimate of drug-likeness (QED) is 0.234. The summed E-state index contributed by atoms with van der Waals surface area (Å²) in [5.74, 6) is 0. The van der Waals surface area contributed by atoms with Gasteiger partial charge in [-0.05, 0) is 97.0 Å². The van der Waals surface area contributed by atoms with Crippen molar-refractivity contribution in [2.24, 2.45) is 0 Å². The van der Waals surface area contributed by atoms with Gasteiger partial charge in [-0.15, -0.1) is 0 Å². The molecule has 10 rings (SSSR count). The second-order valence-corrected chi connectivity index (χ2v) is 9.23. The summed E-state index contributed by atoms with van der Waals surface area (Å²) >= 11 is 0. The zero-order chi connectivity index (χ0) is 18.9. The minimum absolute atomic E-state index is 1.37. The molecular formula is C30H12. The molecule has 0 aliphatic carbocycles. The molecule has 0 aliphatic rings. The summed E-state index contributed by atoms with van der Waals surface area (Å²) in [7, 11) is 0. The van der Waals surface area contributed by atoms with Crippen LogP contribution in [0.5, 0.6) is 0 Å². The Hall–Kier alpha value is -3.90. The second-order valence-electron chi connectivity index (χ2n) is 9.23. The monoisotopic (exact) mass is 372 g/mol. The predicted octanol–water partition coefficient (Wildman–Crippen LogP) is 8.69. The molecule has 0 aliphatic heterocycles. The lowest BCUT2D eigenvalue weighted by atomic mass is 9.91. The molecule has 30 heavy (non-hydrogen) atoms. The molecule has 0 unspecified atom stereocenters. The SMILES string of the molecule is c1cc2ccc3c4ccc5ccc6ccc7c8ccc1c1c2c3c(c81)c1c7c6c5c41. The van der Waals surface area contributed by atoms with Crippen molar-refractivity contribution in [2.75, 3.05) is 0 Å². The lowest BCUT2D eigenvalue weighted by Gasteiger charge is -2.11. The first kappa shape index (κ1) is 13.3. The molecule has 0 heteroatoms. The van der Waals surface area contributed by atoms with Crippen LogP contribution in [-0.2, 0) is 0 Å². The molecule has 0 aromatic heterocycles. The molecule has 0 heterocycles. The normalized spacial score (nSPS) is 14.0. The molecule has 10 aromatic rings. The smallest absolute Gasteiger partial charge is 0.0000483 e. The molecule has 132 valence electrons. The molecular weight excluding hydrogens is 360 g/mol. The summed E-state index contributed by atoms with van der Waals surface area (Å²) in [6.07, 6.45) is 0. The van der Waals surface area contributed by atoms with E-state index in [4.69, 9.17) is 0 Å². The fraction of sp³-hybridized carbons (Fsp3) is 0. The average molecular weight is 372 g/mol. The van der Waals surface area contributed by atoms with Gasteiger partial charge >= 0.3 is 0 Å². The Kier molecular flexibility index (Phi) is 1.68. The van der Waals surface area contributed by atoms with Crippen molar-refractivity contribution < 1.29 is 0 Å². The molecule has 0 N–H and O–H groups in total. The van der Waals surface area contributed by atoms with E-state index in [-0.39, 0.29) is 0 Å². The van der Waals surface area contributed by atoms with Gasteiger partial charge in [0, 0.05) is 0 Å². The highest BCUT2D eigenvalue weighted by molar-refractivity contribution is 6.58. The van der Waals surface area contributed by atoms with Crippen molar-refractivity contribution in [3.63, 3.8) is 0 Å². The highest BCUT2D eigenvalue weighted by Crippen LogP contribution is 2.57. The molecule has 0 fully saturated rings. The number of fused-ring (bicyclic) bond motifs is 2. The minimum atomic E-state index is 1.37. The Morgan fingerprint density at radius 3 is 0.700 bits per heavy atom. The van der Waals surface area contributed by atoms with Gasteiger partial charge in [0.05, 0.1) is 0 Å². The Balaban J connectivity index is 1.85. The third kappa shape index (κ3) is 1.06. The van der Waals surface area contributed by atoms with E-state index in [1.807, 2.05) is 0 Å². The van der Waals surface area contributed by atoms with Gasteiger partial charge in [-0.3, -0.25) is 0 Å². The van der Waals surface area contributed by atoms with E-state index >= 15 is 0 Å². The number of hydrogen-bond acceptors (Lipinski definition) is 0. The fourth-order valence-corrected chi connectivity index (χ4v) is 7.15. The molecule has 0 spiro atoms. The summed E-state index contributed by atoms with van der Waals surface area (Å²) in [5, 5.41) is 26.0.